The lowest BCUT2D eigenvalue weighted by molar-refractivity contribution is 0.0829. The quantitative estimate of drug-likeness (QED) is 0.437. The first-order valence-corrected chi connectivity index (χ1v) is 15.4. The van der Waals surface area contributed by atoms with Crippen molar-refractivity contribution in [2.75, 3.05) is 26.7 Å². The SMILES string of the molecule is CN(C(=O)OCc1ccccc1)[C@H](CN1CC[C@@H](CC(C)(C)[Si](C)(C)O)C1)c1ccc(F)c(C#N)c1. The number of carbonyl (C=O) groups is 1. The largest absolute Gasteiger partial charge is 0.445 e. The summed E-state index contributed by atoms with van der Waals surface area (Å²) in [5.74, 6) is -0.119. The summed E-state index contributed by atoms with van der Waals surface area (Å²) in [4.78, 5) is 27.6. The van der Waals surface area contributed by atoms with E-state index in [1.165, 1.54) is 12.1 Å². The average molecular weight is 512 g/mol. The van der Waals surface area contributed by atoms with E-state index >= 15 is 0 Å². The molecule has 0 saturated carbocycles. The fourth-order valence-corrected chi connectivity index (χ4v) is 5.49. The number of carbonyl (C=O) groups excluding carboxylic acids is 1. The van der Waals surface area contributed by atoms with Crippen LogP contribution in [0.15, 0.2) is 48.5 Å². The number of halogens is 1. The molecule has 2 aromatic carbocycles. The lowest BCUT2D eigenvalue weighted by Crippen LogP contribution is -2.41. The molecular formula is C28H38FN3O3Si. The monoisotopic (exact) mass is 511 g/mol. The maximum atomic E-state index is 14.1. The van der Waals surface area contributed by atoms with Crippen LogP contribution in [0, 0.1) is 23.1 Å². The van der Waals surface area contributed by atoms with E-state index < -0.39 is 26.3 Å². The lowest BCUT2D eigenvalue weighted by Gasteiger charge is -2.37. The minimum Gasteiger partial charge on any atom is -0.445 e. The maximum absolute atomic E-state index is 14.1. The molecule has 0 radical (unpaired) electrons. The highest BCUT2D eigenvalue weighted by molar-refractivity contribution is 6.72. The number of hydrogen-bond acceptors (Lipinski definition) is 5. The zero-order chi connectivity index (χ0) is 26.5. The van der Waals surface area contributed by atoms with Crippen LogP contribution < -0.4 is 0 Å². The summed E-state index contributed by atoms with van der Waals surface area (Å²) >= 11 is 0. The van der Waals surface area contributed by atoms with E-state index in [1.54, 1.807) is 18.0 Å². The lowest BCUT2D eigenvalue weighted by atomic mass is 9.95. The third-order valence-electron chi connectivity index (χ3n) is 7.71. The second kappa shape index (κ2) is 11.5. The van der Waals surface area contributed by atoms with Crippen LogP contribution in [0.3, 0.4) is 0 Å². The summed E-state index contributed by atoms with van der Waals surface area (Å²) in [6, 6.07) is 15.4. The average Bonchev–Trinajstić information content (AvgIpc) is 3.27. The molecule has 1 N–H and O–H groups in total. The van der Waals surface area contributed by atoms with Gasteiger partial charge >= 0.3 is 6.09 Å². The van der Waals surface area contributed by atoms with Gasteiger partial charge in [-0.3, -0.25) is 0 Å². The van der Waals surface area contributed by atoms with Crippen LogP contribution in [-0.4, -0.2) is 55.7 Å². The fraction of sp³-hybridized carbons (Fsp3) is 0.500. The van der Waals surface area contributed by atoms with Crippen molar-refractivity contribution < 1.29 is 18.7 Å². The number of ether oxygens (including phenoxy) is 1. The molecule has 1 aliphatic rings. The topological polar surface area (TPSA) is 76.8 Å². The molecule has 6 nitrogen and oxygen atoms in total. The van der Waals surface area contributed by atoms with Gasteiger partial charge in [0.1, 0.15) is 18.5 Å². The number of hydrogen-bond donors (Lipinski definition) is 1. The normalized spacial score (nSPS) is 17.4. The number of amides is 1. The van der Waals surface area contributed by atoms with Gasteiger partial charge in [-0.1, -0.05) is 50.2 Å². The molecule has 2 atom stereocenters. The van der Waals surface area contributed by atoms with E-state index in [0.717, 1.165) is 31.5 Å². The Hall–Kier alpha value is -2.73. The van der Waals surface area contributed by atoms with Crippen molar-refractivity contribution in [2.24, 2.45) is 5.92 Å². The zero-order valence-corrected chi connectivity index (χ0v) is 23.0. The number of nitrogens with zero attached hydrogens (tertiary/aromatic N) is 3. The predicted molar refractivity (Wildman–Crippen MR) is 141 cm³/mol. The summed E-state index contributed by atoms with van der Waals surface area (Å²) in [6.45, 7) is 10.7. The van der Waals surface area contributed by atoms with Crippen molar-refractivity contribution in [2.45, 2.75) is 57.5 Å². The Kier molecular flexibility index (Phi) is 8.93. The second-order valence-corrected chi connectivity index (χ2v) is 15.6. The van der Waals surface area contributed by atoms with Gasteiger partial charge in [0.15, 0.2) is 8.32 Å². The van der Waals surface area contributed by atoms with Gasteiger partial charge in [-0.15, -0.1) is 0 Å². The van der Waals surface area contributed by atoms with Crippen LogP contribution in [-0.2, 0) is 11.3 Å². The van der Waals surface area contributed by atoms with Crippen molar-refractivity contribution >= 4 is 14.4 Å². The molecule has 0 aromatic heterocycles. The van der Waals surface area contributed by atoms with E-state index in [4.69, 9.17) is 4.74 Å². The van der Waals surface area contributed by atoms with Crippen LogP contribution in [0.5, 0.6) is 0 Å². The van der Waals surface area contributed by atoms with E-state index in [0.29, 0.717) is 18.0 Å². The summed E-state index contributed by atoms with van der Waals surface area (Å²) in [5.41, 5.74) is 1.55. The van der Waals surface area contributed by atoms with Crippen LogP contribution in [0.4, 0.5) is 9.18 Å². The van der Waals surface area contributed by atoms with Gasteiger partial charge in [0, 0.05) is 20.1 Å². The standard InChI is InChI=1S/C28H38FN3O3Si/c1-28(2,36(4,5)34)16-22-13-14-32(18-22)19-26(23-11-12-25(29)24(15-23)17-30)31(3)27(33)35-20-21-9-7-6-8-10-21/h6-12,15,22,26,34H,13-14,16,18-20H2,1-5H3/t22-,26+/m0/s1. The number of likely N-dealkylation sites (N-methyl/N-ethyl adjacent to an activating group) is 1. The molecule has 0 unspecified atom stereocenters. The first-order chi connectivity index (χ1) is 16.9. The molecule has 0 bridgehead atoms. The third kappa shape index (κ3) is 6.93. The summed E-state index contributed by atoms with van der Waals surface area (Å²) in [5, 5.41) is 9.26. The van der Waals surface area contributed by atoms with Gasteiger partial charge in [0.05, 0.1) is 11.6 Å². The molecule has 1 saturated heterocycles. The van der Waals surface area contributed by atoms with Crippen molar-refractivity contribution in [1.29, 1.82) is 5.26 Å². The van der Waals surface area contributed by atoms with Gasteiger partial charge in [-0.05, 0) is 66.7 Å². The van der Waals surface area contributed by atoms with Gasteiger partial charge < -0.3 is 19.3 Å². The highest BCUT2D eigenvalue weighted by Gasteiger charge is 2.41. The Labute approximate surface area is 215 Å². The fourth-order valence-electron chi connectivity index (χ4n) is 4.70. The molecule has 3 rings (SSSR count). The van der Waals surface area contributed by atoms with Crippen molar-refractivity contribution in [3.05, 3.63) is 71.0 Å². The van der Waals surface area contributed by atoms with Crippen LogP contribution in [0.1, 0.15) is 49.4 Å². The van der Waals surface area contributed by atoms with Gasteiger partial charge in [0.25, 0.3) is 0 Å². The minimum atomic E-state index is -2.30. The molecule has 36 heavy (non-hydrogen) atoms. The highest BCUT2D eigenvalue weighted by atomic mass is 28.4. The van der Waals surface area contributed by atoms with E-state index in [-0.39, 0.29) is 17.2 Å². The first-order valence-electron chi connectivity index (χ1n) is 12.5. The molecular weight excluding hydrogens is 473 g/mol. The number of benzene rings is 2. The van der Waals surface area contributed by atoms with Crippen molar-refractivity contribution in [3.63, 3.8) is 0 Å². The van der Waals surface area contributed by atoms with Crippen LogP contribution >= 0.6 is 0 Å². The Bertz CT molecular complexity index is 1080. The third-order valence-corrected chi connectivity index (χ3v) is 11.2. The van der Waals surface area contributed by atoms with E-state index in [9.17, 15) is 19.2 Å². The molecule has 194 valence electrons. The van der Waals surface area contributed by atoms with Gasteiger partial charge in [-0.25, -0.2) is 9.18 Å². The highest BCUT2D eigenvalue weighted by Crippen LogP contribution is 2.43. The number of rotatable bonds is 9. The minimum absolute atomic E-state index is 0.0419. The zero-order valence-electron chi connectivity index (χ0n) is 22.0. The second-order valence-electron chi connectivity index (χ2n) is 11.1. The summed E-state index contributed by atoms with van der Waals surface area (Å²) in [7, 11) is -0.615. The maximum Gasteiger partial charge on any atom is 0.410 e. The molecule has 1 amide bonds. The molecule has 1 aliphatic heterocycles. The summed E-state index contributed by atoms with van der Waals surface area (Å²) in [6.07, 6.45) is 1.50. The number of likely N-dealkylation sites (tertiary alicyclic amines) is 1. The molecule has 0 spiro atoms. The number of nitriles is 1. The Morgan fingerprint density at radius 3 is 2.64 bits per heavy atom. The Morgan fingerprint density at radius 2 is 2.00 bits per heavy atom. The summed E-state index contributed by atoms with van der Waals surface area (Å²) < 4.78 is 19.6. The molecule has 0 aliphatic carbocycles. The Balaban J connectivity index is 1.75. The van der Waals surface area contributed by atoms with E-state index in [2.05, 4.69) is 18.7 Å². The van der Waals surface area contributed by atoms with Crippen molar-refractivity contribution in [3.8, 4) is 6.07 Å². The smallest absolute Gasteiger partial charge is 0.410 e. The molecule has 8 heteroatoms. The van der Waals surface area contributed by atoms with Crippen molar-refractivity contribution in [1.82, 2.24) is 9.80 Å². The molecule has 1 heterocycles. The molecule has 1 fully saturated rings. The molecule has 2 aromatic rings. The van der Waals surface area contributed by atoms with Crippen LogP contribution in [0.2, 0.25) is 18.1 Å². The van der Waals surface area contributed by atoms with Crippen LogP contribution in [0.25, 0.3) is 0 Å². The first kappa shape index (κ1) is 27.8. The van der Waals surface area contributed by atoms with Gasteiger partial charge in [-0.2, -0.15) is 5.26 Å². The Morgan fingerprint density at radius 1 is 1.31 bits per heavy atom. The van der Waals surface area contributed by atoms with E-state index in [1.807, 2.05) is 49.5 Å². The van der Waals surface area contributed by atoms with Gasteiger partial charge in [0.2, 0.25) is 0 Å². The predicted octanol–water partition coefficient (Wildman–Crippen LogP) is 5.70.